The Labute approximate surface area is 121 Å². The largest absolute Gasteiger partial charge is 0.310 e. The summed E-state index contributed by atoms with van der Waals surface area (Å²) in [7, 11) is 0. The van der Waals surface area contributed by atoms with Crippen LogP contribution in [0.5, 0.6) is 0 Å². The van der Waals surface area contributed by atoms with Gasteiger partial charge in [-0.2, -0.15) is 5.10 Å². The molecule has 0 aliphatic carbocycles. The number of hydrogen-bond acceptors (Lipinski definition) is 3. The van der Waals surface area contributed by atoms with Crippen molar-refractivity contribution in [2.24, 2.45) is 0 Å². The van der Waals surface area contributed by atoms with Crippen molar-refractivity contribution in [2.45, 2.75) is 45.6 Å². The zero-order valence-corrected chi connectivity index (χ0v) is 12.8. The van der Waals surface area contributed by atoms with E-state index in [2.05, 4.69) is 72.5 Å². The molecule has 1 aromatic heterocycles. The summed E-state index contributed by atoms with van der Waals surface area (Å²) in [5.41, 5.74) is 2.90. The molecule has 4 nitrogen and oxygen atoms in total. The molecular formula is C16H24N4. The lowest BCUT2D eigenvalue weighted by molar-refractivity contribution is 0.566. The van der Waals surface area contributed by atoms with Gasteiger partial charge in [0.05, 0.1) is 0 Å². The first-order valence-electron chi connectivity index (χ1n) is 7.15. The zero-order valence-electron chi connectivity index (χ0n) is 12.8. The van der Waals surface area contributed by atoms with E-state index in [9.17, 15) is 0 Å². The third-order valence-corrected chi connectivity index (χ3v) is 3.55. The molecule has 108 valence electrons. The van der Waals surface area contributed by atoms with E-state index in [-0.39, 0.29) is 5.41 Å². The van der Waals surface area contributed by atoms with Gasteiger partial charge >= 0.3 is 0 Å². The third-order valence-electron chi connectivity index (χ3n) is 3.55. The number of aromatic nitrogens is 3. The molecule has 0 saturated carbocycles. The van der Waals surface area contributed by atoms with Crippen LogP contribution >= 0.6 is 0 Å². The minimum atomic E-state index is 0.210. The Bertz CT molecular complexity index is 508. The normalized spacial score (nSPS) is 13.4. The van der Waals surface area contributed by atoms with Gasteiger partial charge in [0.2, 0.25) is 0 Å². The van der Waals surface area contributed by atoms with Gasteiger partial charge in [0, 0.05) is 19.0 Å². The minimum Gasteiger partial charge on any atom is -0.310 e. The van der Waals surface area contributed by atoms with E-state index in [1.165, 1.54) is 11.1 Å². The highest BCUT2D eigenvalue weighted by molar-refractivity contribution is 5.29. The summed E-state index contributed by atoms with van der Waals surface area (Å²) < 4.78 is 0. The molecule has 1 atom stereocenters. The van der Waals surface area contributed by atoms with Crippen LogP contribution in [-0.4, -0.2) is 21.7 Å². The van der Waals surface area contributed by atoms with E-state index < -0.39 is 0 Å². The maximum absolute atomic E-state index is 4.12. The topological polar surface area (TPSA) is 53.6 Å². The number of nitrogens with zero attached hydrogens (tertiary/aromatic N) is 2. The molecule has 1 unspecified atom stereocenters. The number of aromatic amines is 1. The molecular weight excluding hydrogens is 248 g/mol. The molecule has 20 heavy (non-hydrogen) atoms. The lowest BCUT2D eigenvalue weighted by Gasteiger charge is -2.20. The van der Waals surface area contributed by atoms with E-state index in [1.54, 1.807) is 6.33 Å². The number of benzene rings is 1. The van der Waals surface area contributed by atoms with Crippen LogP contribution in [0.4, 0.5) is 0 Å². The minimum absolute atomic E-state index is 0.210. The third kappa shape index (κ3) is 3.90. The lowest BCUT2D eigenvalue weighted by atomic mass is 9.86. The van der Waals surface area contributed by atoms with E-state index in [1.807, 2.05) is 0 Å². The van der Waals surface area contributed by atoms with Crippen molar-refractivity contribution >= 4 is 0 Å². The van der Waals surface area contributed by atoms with Crippen LogP contribution in [0.2, 0.25) is 0 Å². The number of H-pyrrole nitrogens is 1. The highest BCUT2D eigenvalue weighted by atomic mass is 15.2. The van der Waals surface area contributed by atoms with Crippen LogP contribution in [0.15, 0.2) is 30.6 Å². The van der Waals surface area contributed by atoms with Gasteiger partial charge in [-0.1, -0.05) is 45.0 Å². The maximum Gasteiger partial charge on any atom is 0.137 e. The monoisotopic (exact) mass is 272 g/mol. The number of nitrogens with one attached hydrogen (secondary N) is 2. The van der Waals surface area contributed by atoms with E-state index in [4.69, 9.17) is 0 Å². The van der Waals surface area contributed by atoms with Gasteiger partial charge in [0.25, 0.3) is 0 Å². The van der Waals surface area contributed by atoms with Gasteiger partial charge in [0.1, 0.15) is 12.2 Å². The first-order valence-corrected chi connectivity index (χ1v) is 7.15. The molecule has 0 spiro atoms. The molecule has 4 heteroatoms. The van der Waals surface area contributed by atoms with Crippen LogP contribution in [0, 0.1) is 0 Å². The summed E-state index contributed by atoms with van der Waals surface area (Å²) in [6.45, 7) is 9.78. The van der Waals surface area contributed by atoms with Gasteiger partial charge in [-0.05, 0) is 23.5 Å². The summed E-state index contributed by atoms with van der Waals surface area (Å²) in [6, 6.07) is 9.22. The summed E-state index contributed by atoms with van der Waals surface area (Å²) in [4.78, 5) is 4.12. The molecule has 0 amide bonds. The first-order chi connectivity index (χ1) is 9.47. The second-order valence-corrected chi connectivity index (χ2v) is 6.23. The van der Waals surface area contributed by atoms with Crippen LogP contribution < -0.4 is 5.32 Å². The average molecular weight is 272 g/mol. The Kier molecular flexibility index (Phi) is 4.55. The SMILES string of the molecule is CC(NCCc1ncn[nH]1)c1ccc(C(C)(C)C)cc1. The van der Waals surface area contributed by atoms with E-state index in [0.717, 1.165) is 18.8 Å². The van der Waals surface area contributed by atoms with E-state index >= 15 is 0 Å². The Morgan fingerprint density at radius 2 is 1.90 bits per heavy atom. The summed E-state index contributed by atoms with van der Waals surface area (Å²) in [5, 5.41) is 10.2. The fourth-order valence-corrected chi connectivity index (χ4v) is 2.15. The van der Waals surface area contributed by atoms with Crippen LogP contribution in [0.3, 0.4) is 0 Å². The average Bonchev–Trinajstić information content (AvgIpc) is 2.91. The van der Waals surface area contributed by atoms with Gasteiger partial charge in [0.15, 0.2) is 0 Å². The van der Waals surface area contributed by atoms with Crippen molar-refractivity contribution in [3.8, 4) is 0 Å². The molecule has 2 N–H and O–H groups in total. The van der Waals surface area contributed by atoms with Crippen LogP contribution in [-0.2, 0) is 11.8 Å². The van der Waals surface area contributed by atoms with Gasteiger partial charge < -0.3 is 5.32 Å². The summed E-state index contributed by atoms with van der Waals surface area (Å²) in [6.07, 6.45) is 2.41. The molecule has 2 aromatic rings. The van der Waals surface area contributed by atoms with Crippen molar-refractivity contribution in [3.63, 3.8) is 0 Å². The zero-order chi connectivity index (χ0) is 14.6. The molecule has 1 aromatic carbocycles. The quantitative estimate of drug-likeness (QED) is 0.879. The van der Waals surface area contributed by atoms with Crippen molar-refractivity contribution < 1.29 is 0 Å². The van der Waals surface area contributed by atoms with Crippen molar-refractivity contribution in [2.75, 3.05) is 6.54 Å². The van der Waals surface area contributed by atoms with Gasteiger partial charge in [-0.15, -0.1) is 0 Å². The molecule has 0 aliphatic heterocycles. The summed E-state index contributed by atoms with van der Waals surface area (Å²) >= 11 is 0. The molecule has 0 fully saturated rings. The predicted octanol–water partition coefficient (Wildman–Crippen LogP) is 3.00. The maximum atomic E-state index is 4.12. The van der Waals surface area contributed by atoms with Crippen molar-refractivity contribution in [1.82, 2.24) is 20.5 Å². The molecule has 0 saturated heterocycles. The van der Waals surface area contributed by atoms with Gasteiger partial charge in [-0.25, -0.2) is 4.98 Å². The standard InChI is InChI=1S/C16H24N4/c1-12(17-10-9-15-18-11-19-20-15)13-5-7-14(8-6-13)16(2,3)4/h5-8,11-12,17H,9-10H2,1-4H3,(H,18,19,20). The first kappa shape index (κ1) is 14.7. The molecule has 2 rings (SSSR count). The molecule has 0 bridgehead atoms. The summed E-state index contributed by atoms with van der Waals surface area (Å²) in [5.74, 6) is 0.924. The highest BCUT2D eigenvalue weighted by Crippen LogP contribution is 2.23. The second kappa shape index (κ2) is 6.18. The fraction of sp³-hybridized carbons (Fsp3) is 0.500. The predicted molar refractivity (Wildman–Crippen MR) is 81.6 cm³/mol. The van der Waals surface area contributed by atoms with Gasteiger partial charge in [-0.3, -0.25) is 5.10 Å². The van der Waals surface area contributed by atoms with Crippen LogP contribution in [0.1, 0.15) is 50.7 Å². The Morgan fingerprint density at radius 1 is 1.20 bits per heavy atom. The Morgan fingerprint density at radius 3 is 2.45 bits per heavy atom. The fourth-order valence-electron chi connectivity index (χ4n) is 2.15. The number of hydrogen-bond donors (Lipinski definition) is 2. The van der Waals surface area contributed by atoms with Crippen molar-refractivity contribution in [3.05, 3.63) is 47.5 Å². The van der Waals surface area contributed by atoms with Crippen molar-refractivity contribution in [1.29, 1.82) is 0 Å². The molecule has 0 radical (unpaired) electrons. The Balaban J connectivity index is 1.87. The molecule has 1 heterocycles. The highest BCUT2D eigenvalue weighted by Gasteiger charge is 2.13. The van der Waals surface area contributed by atoms with Crippen LogP contribution in [0.25, 0.3) is 0 Å². The molecule has 0 aliphatic rings. The smallest absolute Gasteiger partial charge is 0.137 e. The second-order valence-electron chi connectivity index (χ2n) is 6.23. The van der Waals surface area contributed by atoms with E-state index in [0.29, 0.717) is 6.04 Å². The number of rotatable bonds is 5. The lowest BCUT2D eigenvalue weighted by Crippen LogP contribution is -2.22. The Hall–Kier alpha value is -1.68.